The molecule has 0 radical (unpaired) electrons. The second kappa shape index (κ2) is 7.57. The lowest BCUT2D eigenvalue weighted by Gasteiger charge is -2.32. The summed E-state index contributed by atoms with van der Waals surface area (Å²) < 4.78 is 25.2. The summed E-state index contributed by atoms with van der Waals surface area (Å²) in [5, 5.41) is 8.76. The van der Waals surface area contributed by atoms with E-state index in [2.05, 4.69) is 10.8 Å². The first-order valence-electron chi connectivity index (χ1n) is 7.61. The Labute approximate surface area is 137 Å². The first-order chi connectivity index (χ1) is 10.9. The molecule has 0 aliphatic carbocycles. The van der Waals surface area contributed by atoms with Crippen LogP contribution < -0.4 is 4.72 Å². The molecule has 1 amide bonds. The molecule has 1 heterocycles. The van der Waals surface area contributed by atoms with E-state index < -0.39 is 10.0 Å². The van der Waals surface area contributed by atoms with Crippen LogP contribution >= 0.6 is 0 Å². The Morgan fingerprint density at radius 1 is 1.39 bits per heavy atom. The van der Waals surface area contributed by atoms with Crippen molar-refractivity contribution in [2.24, 2.45) is 0 Å². The molecule has 1 fully saturated rings. The van der Waals surface area contributed by atoms with Gasteiger partial charge in [-0.2, -0.15) is 5.26 Å². The Morgan fingerprint density at radius 2 is 2.09 bits per heavy atom. The number of nitrogens with zero attached hydrogens (tertiary/aromatic N) is 2. The third-order valence-electron chi connectivity index (χ3n) is 3.87. The highest BCUT2D eigenvalue weighted by Crippen LogP contribution is 2.13. The van der Waals surface area contributed by atoms with Gasteiger partial charge in [-0.3, -0.25) is 4.79 Å². The van der Waals surface area contributed by atoms with Gasteiger partial charge in [-0.1, -0.05) is 12.1 Å². The normalized spacial score (nSPS) is 18.4. The van der Waals surface area contributed by atoms with Crippen LogP contribution in [0, 0.1) is 11.3 Å². The summed E-state index contributed by atoms with van der Waals surface area (Å²) in [6.07, 6.45) is 3.70. The summed E-state index contributed by atoms with van der Waals surface area (Å²) in [6, 6.07) is 9.07. The van der Waals surface area contributed by atoms with E-state index in [1.807, 2.05) is 12.1 Å². The van der Waals surface area contributed by atoms with E-state index in [9.17, 15) is 13.2 Å². The Balaban J connectivity index is 1.86. The van der Waals surface area contributed by atoms with Gasteiger partial charge < -0.3 is 4.90 Å². The minimum absolute atomic E-state index is 0.0364. The van der Waals surface area contributed by atoms with Crippen LogP contribution in [-0.2, 0) is 21.2 Å². The minimum atomic E-state index is -3.25. The van der Waals surface area contributed by atoms with Crippen LogP contribution in [0.25, 0.3) is 0 Å². The third kappa shape index (κ3) is 5.66. The Morgan fingerprint density at radius 3 is 2.70 bits per heavy atom. The standard InChI is InChI=1S/C16H21N3O3S/c1-23(21,22)18-15-3-2-10-19(12-15)16(20)9-8-13-4-6-14(11-17)7-5-13/h4-7,15,18H,2-3,8-10,12H2,1H3. The lowest BCUT2D eigenvalue weighted by Crippen LogP contribution is -2.49. The monoisotopic (exact) mass is 335 g/mol. The number of likely N-dealkylation sites (tertiary alicyclic amines) is 1. The zero-order chi connectivity index (χ0) is 16.9. The van der Waals surface area contributed by atoms with Gasteiger partial charge in [0.05, 0.1) is 17.9 Å². The Hall–Kier alpha value is -1.91. The predicted octanol–water partition coefficient (Wildman–Crippen LogP) is 1.03. The SMILES string of the molecule is CS(=O)(=O)NC1CCCN(C(=O)CCc2ccc(C#N)cc2)C1. The van der Waals surface area contributed by atoms with Crippen molar-refractivity contribution in [1.82, 2.24) is 9.62 Å². The van der Waals surface area contributed by atoms with Crippen LogP contribution in [0.4, 0.5) is 0 Å². The lowest BCUT2D eigenvalue weighted by molar-refractivity contribution is -0.132. The molecular weight excluding hydrogens is 314 g/mol. The summed E-state index contributed by atoms with van der Waals surface area (Å²) in [6.45, 7) is 1.10. The summed E-state index contributed by atoms with van der Waals surface area (Å²) >= 11 is 0. The van der Waals surface area contributed by atoms with Crippen molar-refractivity contribution in [2.75, 3.05) is 19.3 Å². The maximum absolute atomic E-state index is 12.3. The number of carbonyl (C=O) groups excluding carboxylic acids is 1. The topological polar surface area (TPSA) is 90.3 Å². The summed E-state index contributed by atoms with van der Waals surface area (Å²) in [5.41, 5.74) is 1.62. The number of rotatable bonds is 5. The molecule has 1 atom stereocenters. The molecule has 23 heavy (non-hydrogen) atoms. The molecule has 1 unspecified atom stereocenters. The molecule has 6 nitrogen and oxygen atoms in total. The van der Waals surface area contributed by atoms with E-state index >= 15 is 0 Å². The molecule has 1 aliphatic rings. The van der Waals surface area contributed by atoms with Gasteiger partial charge in [0.25, 0.3) is 0 Å². The zero-order valence-corrected chi connectivity index (χ0v) is 14.0. The van der Waals surface area contributed by atoms with Crippen molar-refractivity contribution in [3.8, 4) is 6.07 Å². The lowest BCUT2D eigenvalue weighted by atomic mass is 10.0. The number of amides is 1. The number of piperidine rings is 1. The van der Waals surface area contributed by atoms with Crippen LogP contribution in [0.5, 0.6) is 0 Å². The van der Waals surface area contributed by atoms with E-state index in [1.54, 1.807) is 17.0 Å². The van der Waals surface area contributed by atoms with E-state index in [1.165, 1.54) is 0 Å². The second-order valence-electron chi connectivity index (χ2n) is 5.88. The molecule has 124 valence electrons. The Bertz CT molecular complexity index is 692. The number of nitrogens with one attached hydrogen (secondary N) is 1. The number of sulfonamides is 1. The van der Waals surface area contributed by atoms with E-state index in [0.29, 0.717) is 31.5 Å². The number of aryl methyl sites for hydroxylation is 1. The van der Waals surface area contributed by atoms with E-state index in [-0.39, 0.29) is 11.9 Å². The van der Waals surface area contributed by atoms with Crippen molar-refractivity contribution >= 4 is 15.9 Å². The molecule has 0 spiro atoms. The maximum atomic E-state index is 12.3. The quantitative estimate of drug-likeness (QED) is 0.870. The van der Waals surface area contributed by atoms with Crippen molar-refractivity contribution in [1.29, 1.82) is 5.26 Å². The summed E-state index contributed by atoms with van der Waals surface area (Å²) in [5.74, 6) is 0.0364. The highest BCUT2D eigenvalue weighted by atomic mass is 32.2. The fourth-order valence-corrected chi connectivity index (χ4v) is 3.56. The number of carbonyl (C=O) groups is 1. The van der Waals surface area contributed by atoms with Crippen LogP contribution in [0.15, 0.2) is 24.3 Å². The van der Waals surface area contributed by atoms with Gasteiger partial charge in [-0.25, -0.2) is 13.1 Å². The third-order valence-corrected chi connectivity index (χ3v) is 4.63. The smallest absolute Gasteiger partial charge is 0.222 e. The fraction of sp³-hybridized carbons (Fsp3) is 0.500. The molecule has 1 aromatic carbocycles. The number of nitriles is 1. The first kappa shape index (κ1) is 17.4. The highest BCUT2D eigenvalue weighted by Gasteiger charge is 2.25. The molecule has 1 saturated heterocycles. The van der Waals surface area contributed by atoms with E-state index in [4.69, 9.17) is 5.26 Å². The van der Waals surface area contributed by atoms with Crippen LogP contribution in [0.2, 0.25) is 0 Å². The molecule has 1 aliphatic heterocycles. The molecule has 2 rings (SSSR count). The molecule has 0 saturated carbocycles. The van der Waals surface area contributed by atoms with Crippen LogP contribution in [-0.4, -0.2) is 44.6 Å². The highest BCUT2D eigenvalue weighted by molar-refractivity contribution is 7.88. The molecule has 1 N–H and O–H groups in total. The molecular formula is C16H21N3O3S. The maximum Gasteiger partial charge on any atom is 0.222 e. The Kier molecular flexibility index (Phi) is 5.74. The minimum Gasteiger partial charge on any atom is -0.341 e. The van der Waals surface area contributed by atoms with Crippen molar-refractivity contribution < 1.29 is 13.2 Å². The van der Waals surface area contributed by atoms with Crippen molar-refractivity contribution in [2.45, 2.75) is 31.7 Å². The van der Waals surface area contributed by atoms with E-state index in [0.717, 1.165) is 24.7 Å². The van der Waals surface area contributed by atoms with Crippen molar-refractivity contribution in [3.05, 3.63) is 35.4 Å². The number of hydrogen-bond acceptors (Lipinski definition) is 4. The van der Waals surface area contributed by atoms with Crippen molar-refractivity contribution in [3.63, 3.8) is 0 Å². The van der Waals surface area contributed by atoms with Gasteiger partial charge in [-0.15, -0.1) is 0 Å². The second-order valence-corrected chi connectivity index (χ2v) is 7.66. The van der Waals surface area contributed by atoms with Gasteiger partial charge in [0, 0.05) is 25.6 Å². The van der Waals surface area contributed by atoms with Gasteiger partial charge in [0.2, 0.25) is 15.9 Å². The summed E-state index contributed by atoms with van der Waals surface area (Å²) in [7, 11) is -3.25. The van der Waals surface area contributed by atoms with Crippen LogP contribution in [0.3, 0.4) is 0 Å². The van der Waals surface area contributed by atoms with Gasteiger partial charge >= 0.3 is 0 Å². The predicted molar refractivity (Wildman–Crippen MR) is 87.1 cm³/mol. The van der Waals surface area contributed by atoms with Gasteiger partial charge in [0.1, 0.15) is 0 Å². The molecule has 7 heteroatoms. The van der Waals surface area contributed by atoms with Crippen LogP contribution in [0.1, 0.15) is 30.4 Å². The summed E-state index contributed by atoms with van der Waals surface area (Å²) in [4.78, 5) is 14.0. The number of benzene rings is 1. The number of hydrogen-bond donors (Lipinski definition) is 1. The molecule has 0 aromatic heterocycles. The van der Waals surface area contributed by atoms with Gasteiger partial charge in [0.15, 0.2) is 0 Å². The average Bonchev–Trinajstić information content (AvgIpc) is 2.51. The first-order valence-corrected chi connectivity index (χ1v) is 9.50. The average molecular weight is 335 g/mol. The van der Waals surface area contributed by atoms with Gasteiger partial charge in [-0.05, 0) is 37.0 Å². The molecule has 0 bridgehead atoms. The fourth-order valence-electron chi connectivity index (χ4n) is 2.76. The largest absolute Gasteiger partial charge is 0.341 e. The molecule has 1 aromatic rings. The zero-order valence-electron chi connectivity index (χ0n) is 13.2.